The summed E-state index contributed by atoms with van der Waals surface area (Å²) in [6.07, 6.45) is 2.65. The molecule has 20 heavy (non-hydrogen) atoms. The zero-order valence-corrected chi connectivity index (χ0v) is 12.4. The SMILES string of the molecule is NC(c1cccc(OC2CC2)c1)c1ccc(Cl)cc1Cl. The van der Waals surface area contributed by atoms with E-state index < -0.39 is 0 Å². The van der Waals surface area contributed by atoms with Crippen molar-refractivity contribution >= 4 is 23.2 Å². The lowest BCUT2D eigenvalue weighted by Crippen LogP contribution is -2.12. The fourth-order valence-electron chi connectivity index (χ4n) is 2.09. The molecule has 1 fully saturated rings. The molecule has 0 heterocycles. The number of hydrogen-bond acceptors (Lipinski definition) is 2. The number of nitrogens with two attached hydrogens (primary N) is 1. The molecule has 0 radical (unpaired) electrons. The Morgan fingerprint density at radius 1 is 1.10 bits per heavy atom. The molecule has 0 amide bonds. The number of rotatable bonds is 4. The first kappa shape index (κ1) is 13.7. The Balaban J connectivity index is 1.86. The van der Waals surface area contributed by atoms with Gasteiger partial charge in [-0.15, -0.1) is 0 Å². The van der Waals surface area contributed by atoms with Crippen molar-refractivity contribution in [1.29, 1.82) is 0 Å². The Kier molecular flexibility index (Phi) is 3.88. The van der Waals surface area contributed by atoms with E-state index >= 15 is 0 Å². The van der Waals surface area contributed by atoms with Gasteiger partial charge in [-0.3, -0.25) is 0 Å². The Labute approximate surface area is 128 Å². The van der Waals surface area contributed by atoms with E-state index in [-0.39, 0.29) is 6.04 Å². The number of benzene rings is 2. The summed E-state index contributed by atoms with van der Waals surface area (Å²) in [5.41, 5.74) is 8.14. The van der Waals surface area contributed by atoms with Crippen LogP contribution < -0.4 is 10.5 Å². The van der Waals surface area contributed by atoms with Crippen LogP contribution in [-0.2, 0) is 0 Å². The van der Waals surface area contributed by atoms with E-state index in [4.69, 9.17) is 33.7 Å². The first-order chi connectivity index (χ1) is 9.63. The predicted octanol–water partition coefficient (Wildman–Crippen LogP) is 4.58. The van der Waals surface area contributed by atoms with Gasteiger partial charge in [-0.05, 0) is 48.2 Å². The number of hydrogen-bond donors (Lipinski definition) is 1. The third kappa shape index (κ3) is 3.09. The zero-order valence-electron chi connectivity index (χ0n) is 10.9. The Bertz CT molecular complexity index is 626. The minimum Gasteiger partial charge on any atom is -0.490 e. The lowest BCUT2D eigenvalue weighted by molar-refractivity contribution is 0.303. The molecular weight excluding hydrogens is 293 g/mol. The zero-order chi connectivity index (χ0) is 14.1. The molecule has 2 aromatic carbocycles. The maximum atomic E-state index is 6.30. The molecule has 0 aromatic heterocycles. The standard InChI is InChI=1S/C16H15Cl2NO/c17-11-4-7-14(15(18)9-11)16(19)10-2-1-3-13(8-10)20-12-5-6-12/h1-4,7-9,12,16H,5-6,19H2. The molecule has 0 saturated heterocycles. The minimum atomic E-state index is -0.289. The van der Waals surface area contributed by atoms with Crippen LogP contribution >= 0.6 is 23.2 Å². The van der Waals surface area contributed by atoms with Crippen molar-refractivity contribution in [3.8, 4) is 5.75 Å². The van der Waals surface area contributed by atoms with Crippen LogP contribution in [0.4, 0.5) is 0 Å². The molecule has 0 spiro atoms. The number of halogens is 2. The lowest BCUT2D eigenvalue weighted by Gasteiger charge is -2.15. The van der Waals surface area contributed by atoms with Crippen molar-refractivity contribution in [2.75, 3.05) is 0 Å². The highest BCUT2D eigenvalue weighted by Crippen LogP contribution is 2.32. The van der Waals surface area contributed by atoms with Crippen LogP contribution in [0.5, 0.6) is 5.75 Å². The van der Waals surface area contributed by atoms with Gasteiger partial charge in [0.2, 0.25) is 0 Å². The van der Waals surface area contributed by atoms with Gasteiger partial charge in [-0.25, -0.2) is 0 Å². The van der Waals surface area contributed by atoms with Gasteiger partial charge in [0.05, 0.1) is 12.1 Å². The molecule has 1 aliphatic carbocycles. The number of ether oxygens (including phenoxy) is 1. The summed E-state index contributed by atoms with van der Waals surface area (Å²) in [5.74, 6) is 0.866. The van der Waals surface area contributed by atoms with E-state index in [1.807, 2.05) is 30.3 Å². The van der Waals surface area contributed by atoms with E-state index in [1.165, 1.54) is 0 Å². The van der Waals surface area contributed by atoms with Crippen LogP contribution in [0, 0.1) is 0 Å². The average molecular weight is 308 g/mol. The second-order valence-corrected chi connectivity index (χ2v) is 5.88. The van der Waals surface area contributed by atoms with Crippen LogP contribution in [0.3, 0.4) is 0 Å². The van der Waals surface area contributed by atoms with E-state index in [0.717, 1.165) is 29.7 Å². The first-order valence-corrected chi connectivity index (χ1v) is 7.36. The summed E-state index contributed by atoms with van der Waals surface area (Å²) >= 11 is 12.1. The van der Waals surface area contributed by atoms with Gasteiger partial charge in [-0.2, -0.15) is 0 Å². The molecule has 104 valence electrons. The highest BCUT2D eigenvalue weighted by atomic mass is 35.5. The monoisotopic (exact) mass is 307 g/mol. The molecule has 3 rings (SSSR count). The molecule has 2 N–H and O–H groups in total. The minimum absolute atomic E-state index is 0.289. The van der Waals surface area contributed by atoms with Crippen molar-refractivity contribution in [3.05, 3.63) is 63.6 Å². The predicted molar refractivity (Wildman–Crippen MR) is 82.6 cm³/mol. The second-order valence-electron chi connectivity index (χ2n) is 5.03. The fourth-order valence-corrected chi connectivity index (χ4v) is 2.62. The summed E-state index contributed by atoms with van der Waals surface area (Å²) in [6.45, 7) is 0. The Hall–Kier alpha value is -1.22. The van der Waals surface area contributed by atoms with E-state index in [2.05, 4.69) is 0 Å². The summed E-state index contributed by atoms with van der Waals surface area (Å²) in [7, 11) is 0. The molecule has 1 aliphatic rings. The van der Waals surface area contributed by atoms with Crippen molar-refractivity contribution < 1.29 is 4.74 Å². The molecule has 0 bridgehead atoms. The summed E-state index contributed by atoms with van der Waals surface area (Å²) in [5, 5.41) is 1.19. The van der Waals surface area contributed by atoms with Crippen molar-refractivity contribution in [3.63, 3.8) is 0 Å². The molecule has 2 aromatic rings. The van der Waals surface area contributed by atoms with E-state index in [1.54, 1.807) is 12.1 Å². The summed E-state index contributed by atoms with van der Waals surface area (Å²) in [4.78, 5) is 0. The van der Waals surface area contributed by atoms with Crippen molar-refractivity contribution in [1.82, 2.24) is 0 Å². The summed E-state index contributed by atoms with van der Waals surface area (Å²) in [6, 6.07) is 13.0. The quantitative estimate of drug-likeness (QED) is 0.897. The molecule has 2 nitrogen and oxygen atoms in total. The topological polar surface area (TPSA) is 35.2 Å². The molecule has 1 unspecified atom stereocenters. The normalized spacial score (nSPS) is 15.9. The summed E-state index contributed by atoms with van der Waals surface area (Å²) < 4.78 is 5.79. The fraction of sp³-hybridized carbons (Fsp3) is 0.250. The highest BCUT2D eigenvalue weighted by molar-refractivity contribution is 6.35. The molecule has 0 aliphatic heterocycles. The van der Waals surface area contributed by atoms with E-state index in [0.29, 0.717) is 16.1 Å². The molecule has 4 heteroatoms. The maximum Gasteiger partial charge on any atom is 0.120 e. The van der Waals surface area contributed by atoms with Crippen LogP contribution in [0.2, 0.25) is 10.0 Å². The maximum absolute atomic E-state index is 6.30. The molecule has 1 saturated carbocycles. The van der Waals surface area contributed by atoms with Gasteiger partial charge in [0.1, 0.15) is 5.75 Å². The highest BCUT2D eigenvalue weighted by Gasteiger charge is 2.23. The third-order valence-electron chi connectivity index (χ3n) is 3.34. The van der Waals surface area contributed by atoms with Gasteiger partial charge in [-0.1, -0.05) is 41.4 Å². The largest absolute Gasteiger partial charge is 0.490 e. The van der Waals surface area contributed by atoms with Crippen LogP contribution in [0.1, 0.15) is 30.0 Å². The van der Waals surface area contributed by atoms with Gasteiger partial charge >= 0.3 is 0 Å². The second kappa shape index (κ2) is 5.65. The van der Waals surface area contributed by atoms with Gasteiger partial charge < -0.3 is 10.5 Å². The molecule has 1 atom stereocenters. The van der Waals surface area contributed by atoms with Crippen molar-refractivity contribution in [2.24, 2.45) is 5.73 Å². The Morgan fingerprint density at radius 2 is 1.90 bits per heavy atom. The average Bonchev–Trinajstić information content (AvgIpc) is 3.22. The lowest BCUT2D eigenvalue weighted by atomic mass is 9.99. The Morgan fingerprint density at radius 3 is 2.60 bits per heavy atom. The third-order valence-corrected chi connectivity index (χ3v) is 3.90. The van der Waals surface area contributed by atoms with Gasteiger partial charge in [0, 0.05) is 10.0 Å². The first-order valence-electron chi connectivity index (χ1n) is 6.60. The van der Waals surface area contributed by atoms with Gasteiger partial charge in [0.25, 0.3) is 0 Å². The van der Waals surface area contributed by atoms with Crippen LogP contribution in [-0.4, -0.2) is 6.10 Å². The van der Waals surface area contributed by atoms with Crippen LogP contribution in [0.15, 0.2) is 42.5 Å². The van der Waals surface area contributed by atoms with Crippen molar-refractivity contribution in [2.45, 2.75) is 25.0 Å². The smallest absolute Gasteiger partial charge is 0.120 e. The van der Waals surface area contributed by atoms with E-state index in [9.17, 15) is 0 Å². The molecular formula is C16H15Cl2NO. The van der Waals surface area contributed by atoms with Gasteiger partial charge in [0.15, 0.2) is 0 Å². The van der Waals surface area contributed by atoms with Crippen LogP contribution in [0.25, 0.3) is 0 Å².